The predicted molar refractivity (Wildman–Crippen MR) is 62.3 cm³/mol. The van der Waals surface area contributed by atoms with Crippen LogP contribution in [0, 0.1) is 17.8 Å². The Kier molecular flexibility index (Phi) is 2.87. The summed E-state index contributed by atoms with van der Waals surface area (Å²) in [5.74, 6) is 2.01. The first-order valence-corrected chi connectivity index (χ1v) is 6.73. The molecule has 17 heavy (non-hydrogen) atoms. The van der Waals surface area contributed by atoms with Crippen molar-refractivity contribution in [2.45, 2.75) is 37.6 Å². The Morgan fingerprint density at radius 3 is 2.47 bits per heavy atom. The summed E-state index contributed by atoms with van der Waals surface area (Å²) in [5.41, 5.74) is -0.415. The maximum atomic E-state index is 12.2. The Balaban J connectivity index is 1.58. The first-order chi connectivity index (χ1) is 8.22. The Labute approximate surface area is 102 Å². The lowest BCUT2D eigenvalue weighted by atomic mass is 9.89. The van der Waals surface area contributed by atoms with Gasteiger partial charge in [0, 0.05) is 19.1 Å². The summed E-state index contributed by atoms with van der Waals surface area (Å²) in [7, 11) is 0. The van der Waals surface area contributed by atoms with E-state index in [2.05, 4.69) is 5.32 Å². The van der Waals surface area contributed by atoms with Crippen LogP contribution in [-0.4, -0.2) is 36.4 Å². The van der Waals surface area contributed by atoms with E-state index in [9.17, 15) is 9.90 Å². The summed E-state index contributed by atoms with van der Waals surface area (Å²) in [5, 5.41) is 12.6. The minimum absolute atomic E-state index is 0.0294. The van der Waals surface area contributed by atoms with Crippen molar-refractivity contribution in [3.8, 4) is 0 Å². The van der Waals surface area contributed by atoms with E-state index in [4.69, 9.17) is 4.74 Å². The van der Waals surface area contributed by atoms with E-state index in [1.165, 1.54) is 6.42 Å². The second-order valence-electron chi connectivity index (χ2n) is 5.96. The van der Waals surface area contributed by atoms with Gasteiger partial charge in [-0.2, -0.15) is 0 Å². The van der Waals surface area contributed by atoms with Crippen LogP contribution < -0.4 is 5.32 Å². The molecule has 3 rings (SSSR count). The molecule has 96 valence electrons. The van der Waals surface area contributed by atoms with Crippen LogP contribution in [0.2, 0.25) is 0 Å². The van der Waals surface area contributed by atoms with Gasteiger partial charge in [-0.1, -0.05) is 0 Å². The lowest BCUT2D eigenvalue weighted by Gasteiger charge is -2.37. The Morgan fingerprint density at radius 1 is 1.24 bits per heavy atom. The summed E-state index contributed by atoms with van der Waals surface area (Å²) in [4.78, 5) is 12.2. The fourth-order valence-corrected chi connectivity index (χ4v) is 3.38. The van der Waals surface area contributed by atoms with Gasteiger partial charge in [0.2, 0.25) is 5.91 Å². The quantitative estimate of drug-likeness (QED) is 0.762. The molecule has 0 aromatic heterocycles. The standard InChI is InChI=1S/C13H21NO3/c15-8-13(1-3-17-4-2-13)14-12(16)11-6-9-5-10(9)7-11/h9-11,15H,1-8H2,(H,14,16). The third-order valence-electron chi connectivity index (χ3n) is 4.76. The third kappa shape index (κ3) is 2.20. The highest BCUT2D eigenvalue weighted by atomic mass is 16.5. The summed E-state index contributed by atoms with van der Waals surface area (Å²) in [6.45, 7) is 1.30. The maximum Gasteiger partial charge on any atom is 0.223 e. The van der Waals surface area contributed by atoms with Crippen LogP contribution in [0.4, 0.5) is 0 Å². The van der Waals surface area contributed by atoms with E-state index in [1.54, 1.807) is 0 Å². The van der Waals surface area contributed by atoms with Crippen LogP contribution in [0.3, 0.4) is 0 Å². The molecule has 4 heteroatoms. The zero-order valence-electron chi connectivity index (χ0n) is 10.2. The van der Waals surface area contributed by atoms with Gasteiger partial charge in [0.25, 0.3) is 0 Å². The molecular weight excluding hydrogens is 218 g/mol. The lowest BCUT2D eigenvalue weighted by Crippen LogP contribution is -2.55. The van der Waals surface area contributed by atoms with E-state index in [0.29, 0.717) is 13.2 Å². The molecule has 2 aliphatic carbocycles. The molecule has 2 N–H and O–H groups in total. The number of rotatable bonds is 3. The fraction of sp³-hybridized carbons (Fsp3) is 0.923. The lowest BCUT2D eigenvalue weighted by molar-refractivity contribution is -0.129. The Bertz CT molecular complexity index is 302. The fourth-order valence-electron chi connectivity index (χ4n) is 3.38. The highest BCUT2D eigenvalue weighted by molar-refractivity contribution is 5.80. The van der Waals surface area contributed by atoms with Gasteiger partial charge < -0.3 is 15.2 Å². The molecule has 1 aliphatic heterocycles. The molecule has 1 heterocycles. The molecule has 0 bridgehead atoms. The average molecular weight is 239 g/mol. The molecule has 4 nitrogen and oxygen atoms in total. The average Bonchev–Trinajstić information content (AvgIpc) is 2.97. The molecule has 0 spiro atoms. The highest BCUT2D eigenvalue weighted by Crippen LogP contribution is 2.54. The van der Waals surface area contributed by atoms with Crippen LogP contribution >= 0.6 is 0 Å². The molecule has 1 saturated heterocycles. The molecule has 2 unspecified atom stereocenters. The monoisotopic (exact) mass is 239 g/mol. The molecule has 0 aromatic rings. The number of fused-ring (bicyclic) bond motifs is 1. The third-order valence-corrected chi connectivity index (χ3v) is 4.76. The second kappa shape index (κ2) is 4.25. The number of carbonyl (C=O) groups is 1. The molecular formula is C13H21NO3. The van der Waals surface area contributed by atoms with Crippen molar-refractivity contribution in [1.29, 1.82) is 0 Å². The van der Waals surface area contributed by atoms with Crippen molar-refractivity contribution in [2.24, 2.45) is 17.8 Å². The van der Waals surface area contributed by atoms with Crippen molar-refractivity contribution in [3.05, 3.63) is 0 Å². The maximum absolute atomic E-state index is 12.2. The van der Waals surface area contributed by atoms with Gasteiger partial charge in [0.05, 0.1) is 12.1 Å². The van der Waals surface area contributed by atoms with E-state index >= 15 is 0 Å². The van der Waals surface area contributed by atoms with Gasteiger partial charge in [0.1, 0.15) is 0 Å². The van der Waals surface area contributed by atoms with Gasteiger partial charge in [0.15, 0.2) is 0 Å². The zero-order chi connectivity index (χ0) is 11.9. The number of ether oxygens (including phenoxy) is 1. The normalized spacial score (nSPS) is 38.5. The minimum atomic E-state index is -0.415. The van der Waals surface area contributed by atoms with Crippen molar-refractivity contribution in [1.82, 2.24) is 5.32 Å². The van der Waals surface area contributed by atoms with Gasteiger partial charge in [-0.3, -0.25) is 4.79 Å². The van der Waals surface area contributed by atoms with Crippen LogP contribution in [0.25, 0.3) is 0 Å². The summed E-state index contributed by atoms with van der Waals surface area (Å²) < 4.78 is 5.30. The van der Waals surface area contributed by atoms with E-state index < -0.39 is 5.54 Å². The largest absolute Gasteiger partial charge is 0.394 e. The summed E-state index contributed by atoms with van der Waals surface area (Å²) >= 11 is 0. The van der Waals surface area contributed by atoms with Crippen LogP contribution in [0.5, 0.6) is 0 Å². The Morgan fingerprint density at radius 2 is 1.88 bits per heavy atom. The second-order valence-corrected chi connectivity index (χ2v) is 5.96. The molecule has 3 fully saturated rings. The molecule has 0 aromatic carbocycles. The van der Waals surface area contributed by atoms with Crippen molar-refractivity contribution < 1.29 is 14.6 Å². The van der Waals surface area contributed by atoms with Crippen LogP contribution in [0.1, 0.15) is 32.1 Å². The SMILES string of the molecule is O=C(NC1(CO)CCOCC1)C1CC2CC2C1. The van der Waals surface area contributed by atoms with Gasteiger partial charge >= 0.3 is 0 Å². The number of amides is 1. The minimum Gasteiger partial charge on any atom is -0.394 e. The van der Waals surface area contributed by atoms with Crippen LogP contribution in [0.15, 0.2) is 0 Å². The van der Waals surface area contributed by atoms with Crippen molar-refractivity contribution in [2.75, 3.05) is 19.8 Å². The van der Waals surface area contributed by atoms with Crippen molar-refractivity contribution in [3.63, 3.8) is 0 Å². The van der Waals surface area contributed by atoms with Crippen molar-refractivity contribution >= 4 is 5.91 Å². The number of nitrogens with one attached hydrogen (secondary N) is 1. The smallest absolute Gasteiger partial charge is 0.223 e. The van der Waals surface area contributed by atoms with E-state index in [1.807, 2.05) is 0 Å². The van der Waals surface area contributed by atoms with E-state index in [0.717, 1.165) is 37.5 Å². The topological polar surface area (TPSA) is 58.6 Å². The molecule has 2 atom stereocenters. The molecule has 0 radical (unpaired) electrons. The number of aliphatic hydroxyl groups excluding tert-OH is 1. The zero-order valence-corrected chi connectivity index (χ0v) is 10.2. The Hall–Kier alpha value is -0.610. The first kappa shape index (κ1) is 11.5. The number of carbonyl (C=O) groups excluding carboxylic acids is 1. The number of hydrogen-bond acceptors (Lipinski definition) is 3. The van der Waals surface area contributed by atoms with Gasteiger partial charge in [-0.25, -0.2) is 0 Å². The van der Waals surface area contributed by atoms with Gasteiger partial charge in [-0.15, -0.1) is 0 Å². The number of hydrogen-bond donors (Lipinski definition) is 2. The van der Waals surface area contributed by atoms with Gasteiger partial charge in [-0.05, 0) is 43.9 Å². The highest BCUT2D eigenvalue weighted by Gasteiger charge is 2.49. The summed E-state index contributed by atoms with van der Waals surface area (Å²) in [6, 6.07) is 0. The number of aliphatic hydroxyl groups is 1. The molecule has 1 amide bonds. The summed E-state index contributed by atoms with van der Waals surface area (Å²) in [6.07, 6.45) is 4.93. The first-order valence-electron chi connectivity index (χ1n) is 6.73. The predicted octanol–water partition coefficient (Wildman–Crippen LogP) is 0.690. The van der Waals surface area contributed by atoms with E-state index in [-0.39, 0.29) is 18.4 Å². The van der Waals surface area contributed by atoms with Crippen LogP contribution in [-0.2, 0) is 9.53 Å². The molecule has 2 saturated carbocycles. The molecule has 3 aliphatic rings.